The van der Waals surface area contributed by atoms with Gasteiger partial charge >= 0.3 is 5.97 Å². The molecule has 1 N–H and O–H groups in total. The highest BCUT2D eigenvalue weighted by Crippen LogP contribution is 2.36. The maximum absolute atomic E-state index is 12.5. The minimum absolute atomic E-state index is 0.369. The van der Waals surface area contributed by atoms with Gasteiger partial charge in [-0.25, -0.2) is 4.79 Å². The Morgan fingerprint density at radius 2 is 1.93 bits per heavy atom. The molecule has 5 heteroatoms. The number of thiophene rings is 1. The molecule has 142 valence electrons. The van der Waals surface area contributed by atoms with E-state index >= 15 is 0 Å². The van der Waals surface area contributed by atoms with Gasteiger partial charge in [0, 0.05) is 14.0 Å². The molecular weight excluding hydrogens is 424 g/mol. The maximum Gasteiger partial charge on any atom is 0.339 e. The molecule has 0 radical (unpaired) electrons. The van der Waals surface area contributed by atoms with Crippen LogP contribution in [-0.2, 0) is 11.2 Å². The molecule has 1 atom stereocenters. The molecule has 0 saturated heterocycles. The Bertz CT molecular complexity index is 952. The van der Waals surface area contributed by atoms with Gasteiger partial charge in [0.15, 0.2) is 0 Å². The third-order valence-electron chi connectivity index (χ3n) is 4.24. The van der Waals surface area contributed by atoms with E-state index in [0.717, 1.165) is 26.1 Å². The van der Waals surface area contributed by atoms with E-state index in [4.69, 9.17) is 4.74 Å². The summed E-state index contributed by atoms with van der Waals surface area (Å²) in [5.41, 5.74) is 1.67. The number of aliphatic hydroxyl groups excluding tert-OH is 1. The molecule has 27 heavy (non-hydrogen) atoms. The van der Waals surface area contributed by atoms with Gasteiger partial charge in [-0.1, -0.05) is 25.1 Å². The average Bonchev–Trinajstić information content (AvgIpc) is 3.03. The van der Waals surface area contributed by atoms with Gasteiger partial charge in [-0.3, -0.25) is 0 Å². The lowest BCUT2D eigenvalue weighted by Gasteiger charge is -2.21. The van der Waals surface area contributed by atoms with Crippen molar-refractivity contribution in [2.45, 2.75) is 45.8 Å². The number of rotatable bonds is 4. The quantitative estimate of drug-likeness (QED) is 0.480. The van der Waals surface area contributed by atoms with Crippen LogP contribution in [0, 0.1) is 0 Å². The lowest BCUT2D eigenvalue weighted by atomic mass is 9.96. The van der Waals surface area contributed by atoms with Crippen LogP contribution in [0.4, 0.5) is 0 Å². The zero-order valence-electron chi connectivity index (χ0n) is 15.9. The van der Waals surface area contributed by atoms with Crippen LogP contribution in [0.1, 0.15) is 60.2 Å². The van der Waals surface area contributed by atoms with Crippen LogP contribution in [0.5, 0.6) is 0 Å². The Morgan fingerprint density at radius 1 is 1.22 bits per heavy atom. The number of carbonyl (C=O) groups excluding carboxylic acids is 1. The van der Waals surface area contributed by atoms with Gasteiger partial charge in [0.1, 0.15) is 11.7 Å². The zero-order chi connectivity index (χ0) is 19.8. The average molecular weight is 447 g/mol. The van der Waals surface area contributed by atoms with Gasteiger partial charge in [0.05, 0.1) is 5.56 Å². The van der Waals surface area contributed by atoms with E-state index in [9.17, 15) is 9.90 Å². The van der Waals surface area contributed by atoms with Crippen molar-refractivity contribution in [3.8, 4) is 0 Å². The topological polar surface area (TPSA) is 46.5 Å². The summed E-state index contributed by atoms with van der Waals surface area (Å²) in [6, 6.07) is 13.8. The second kappa shape index (κ2) is 7.74. The highest BCUT2D eigenvalue weighted by atomic mass is 79.9. The van der Waals surface area contributed by atoms with Crippen LogP contribution in [-0.4, -0.2) is 16.7 Å². The largest absolute Gasteiger partial charge is 0.456 e. The standard InChI is InChI=1S/C22H23BrO3S/c1-5-13-10-16(21(25)26-22(2,3)4)17(23)12-15(13)20(24)19-11-14-8-6-7-9-18(14)27-19/h6-12,20,24H,5H2,1-4H3. The molecule has 0 aliphatic rings. The predicted octanol–water partition coefficient (Wildman–Crippen LogP) is 6.26. The van der Waals surface area contributed by atoms with E-state index in [1.807, 2.05) is 64.1 Å². The number of halogens is 1. The molecule has 0 bridgehead atoms. The molecule has 0 spiro atoms. The number of hydrogen-bond donors (Lipinski definition) is 1. The van der Waals surface area contributed by atoms with Crippen LogP contribution < -0.4 is 0 Å². The van der Waals surface area contributed by atoms with Crippen molar-refractivity contribution in [2.75, 3.05) is 0 Å². The van der Waals surface area contributed by atoms with Crippen molar-refractivity contribution in [1.82, 2.24) is 0 Å². The van der Waals surface area contributed by atoms with Gasteiger partial charge in [-0.2, -0.15) is 0 Å². The molecule has 0 aliphatic heterocycles. The molecule has 3 nitrogen and oxygen atoms in total. The molecule has 0 amide bonds. The van der Waals surface area contributed by atoms with Crippen molar-refractivity contribution in [1.29, 1.82) is 0 Å². The zero-order valence-corrected chi connectivity index (χ0v) is 18.3. The summed E-state index contributed by atoms with van der Waals surface area (Å²) in [5, 5.41) is 12.1. The van der Waals surface area contributed by atoms with Crippen LogP contribution in [0.15, 0.2) is 46.9 Å². The van der Waals surface area contributed by atoms with E-state index in [-0.39, 0.29) is 5.97 Å². The molecule has 1 unspecified atom stereocenters. The fourth-order valence-corrected chi connectivity index (χ4v) is 4.57. The van der Waals surface area contributed by atoms with E-state index in [1.165, 1.54) is 0 Å². The minimum Gasteiger partial charge on any atom is -0.456 e. The number of hydrogen-bond acceptors (Lipinski definition) is 4. The summed E-state index contributed by atoms with van der Waals surface area (Å²) >= 11 is 5.07. The summed E-state index contributed by atoms with van der Waals surface area (Å²) in [4.78, 5) is 13.4. The third kappa shape index (κ3) is 4.42. The highest BCUT2D eigenvalue weighted by molar-refractivity contribution is 9.10. The van der Waals surface area contributed by atoms with Crippen LogP contribution >= 0.6 is 27.3 Å². The first-order valence-electron chi connectivity index (χ1n) is 8.92. The summed E-state index contributed by atoms with van der Waals surface area (Å²) in [7, 11) is 0. The molecule has 0 saturated carbocycles. The number of benzene rings is 2. The first-order valence-corrected chi connectivity index (χ1v) is 10.5. The Morgan fingerprint density at radius 3 is 2.56 bits per heavy atom. The van der Waals surface area contributed by atoms with E-state index in [1.54, 1.807) is 11.3 Å². The van der Waals surface area contributed by atoms with Gasteiger partial charge in [0.2, 0.25) is 0 Å². The number of esters is 1. The SMILES string of the molecule is CCc1cc(C(=O)OC(C)(C)C)c(Br)cc1C(O)c1cc2ccccc2s1. The number of fused-ring (bicyclic) bond motifs is 1. The summed E-state index contributed by atoms with van der Waals surface area (Å²) in [5.74, 6) is -0.369. The van der Waals surface area contributed by atoms with Crippen molar-refractivity contribution >= 4 is 43.3 Å². The first kappa shape index (κ1) is 20.1. The molecule has 1 heterocycles. The molecule has 0 aliphatic carbocycles. The van der Waals surface area contributed by atoms with E-state index in [0.29, 0.717) is 16.5 Å². The van der Waals surface area contributed by atoms with Crippen molar-refractivity contribution in [3.63, 3.8) is 0 Å². The smallest absolute Gasteiger partial charge is 0.339 e. The minimum atomic E-state index is -0.735. The summed E-state index contributed by atoms with van der Waals surface area (Å²) < 4.78 is 7.28. The van der Waals surface area contributed by atoms with Crippen molar-refractivity contribution in [2.24, 2.45) is 0 Å². The molecule has 3 rings (SSSR count). The Balaban J connectivity index is 2.00. The molecule has 2 aromatic carbocycles. The molecule has 1 aromatic heterocycles. The van der Waals surface area contributed by atoms with Crippen LogP contribution in [0.2, 0.25) is 0 Å². The van der Waals surface area contributed by atoms with Crippen molar-refractivity contribution < 1.29 is 14.6 Å². The van der Waals surface area contributed by atoms with E-state index < -0.39 is 11.7 Å². The van der Waals surface area contributed by atoms with Crippen molar-refractivity contribution in [3.05, 3.63) is 68.5 Å². The van der Waals surface area contributed by atoms with Gasteiger partial charge in [-0.05, 0) is 83.9 Å². The number of carbonyl (C=O) groups is 1. The lowest BCUT2D eigenvalue weighted by Crippen LogP contribution is -2.24. The Hall–Kier alpha value is -1.69. The number of aliphatic hydroxyl groups is 1. The fraction of sp³-hybridized carbons (Fsp3) is 0.318. The monoisotopic (exact) mass is 446 g/mol. The maximum atomic E-state index is 12.5. The van der Waals surface area contributed by atoms with Gasteiger partial charge < -0.3 is 9.84 Å². The van der Waals surface area contributed by atoms with E-state index in [2.05, 4.69) is 22.0 Å². The summed E-state index contributed by atoms with van der Waals surface area (Å²) in [6.07, 6.45) is -0.0262. The number of ether oxygens (including phenoxy) is 1. The highest BCUT2D eigenvalue weighted by Gasteiger charge is 2.24. The van der Waals surface area contributed by atoms with Crippen LogP contribution in [0.25, 0.3) is 10.1 Å². The molecular formula is C22H23BrO3S. The summed E-state index contributed by atoms with van der Waals surface area (Å²) in [6.45, 7) is 7.56. The predicted molar refractivity (Wildman–Crippen MR) is 115 cm³/mol. The second-order valence-corrected chi connectivity index (χ2v) is 9.45. The first-order chi connectivity index (χ1) is 12.7. The Kier molecular flexibility index (Phi) is 5.75. The molecule has 3 aromatic rings. The normalized spacial score (nSPS) is 13.0. The van der Waals surface area contributed by atoms with Crippen LogP contribution in [0.3, 0.4) is 0 Å². The Labute approximate surface area is 172 Å². The molecule has 0 fully saturated rings. The fourth-order valence-electron chi connectivity index (χ4n) is 2.97. The third-order valence-corrected chi connectivity index (χ3v) is 6.06. The number of aryl methyl sites for hydroxylation is 1. The lowest BCUT2D eigenvalue weighted by molar-refractivity contribution is 0.00682. The van der Waals surface area contributed by atoms with Gasteiger partial charge in [-0.15, -0.1) is 11.3 Å². The van der Waals surface area contributed by atoms with Gasteiger partial charge in [0.25, 0.3) is 0 Å². The second-order valence-electron chi connectivity index (χ2n) is 7.48.